The topological polar surface area (TPSA) is 88.3 Å². The maximum absolute atomic E-state index is 13.6. The Balaban J connectivity index is 2.21. The normalized spacial score (nSPS) is 12.5. The van der Waals surface area contributed by atoms with Gasteiger partial charge < -0.3 is 9.73 Å². The van der Waals surface area contributed by atoms with Gasteiger partial charge in [0.25, 0.3) is 11.8 Å². The van der Waals surface area contributed by atoms with Gasteiger partial charge in [-0.25, -0.2) is 0 Å². The van der Waals surface area contributed by atoms with Crippen LogP contribution >= 0.6 is 11.5 Å². The van der Waals surface area contributed by atoms with E-state index in [2.05, 4.69) is 14.9 Å². The molecule has 1 N–H and O–H groups in total. The first-order valence-corrected chi connectivity index (χ1v) is 10.5. The molecule has 1 aromatic carbocycles. The van der Waals surface area contributed by atoms with Crippen LogP contribution in [-0.4, -0.2) is 26.9 Å². The SMILES string of the molecule is Cc1ccc([C@@H](C(=O)NC(C)(C)C)N(C(=O)c2csnn2)c2cccc(C)c2C)o1. The average molecular weight is 427 g/mol. The Morgan fingerprint density at radius 2 is 1.87 bits per heavy atom. The Labute approximate surface area is 180 Å². The van der Waals surface area contributed by atoms with E-state index in [-0.39, 0.29) is 11.6 Å². The van der Waals surface area contributed by atoms with E-state index in [1.165, 1.54) is 4.90 Å². The summed E-state index contributed by atoms with van der Waals surface area (Å²) >= 11 is 1.09. The first-order valence-electron chi connectivity index (χ1n) is 9.63. The van der Waals surface area contributed by atoms with Gasteiger partial charge in [-0.3, -0.25) is 14.5 Å². The number of carbonyl (C=O) groups excluding carboxylic acids is 2. The fourth-order valence-electron chi connectivity index (χ4n) is 3.16. The van der Waals surface area contributed by atoms with Crippen molar-refractivity contribution in [3.63, 3.8) is 0 Å². The van der Waals surface area contributed by atoms with Gasteiger partial charge in [-0.2, -0.15) is 0 Å². The summed E-state index contributed by atoms with van der Waals surface area (Å²) in [7, 11) is 0. The Bertz CT molecular complexity index is 1050. The van der Waals surface area contributed by atoms with E-state index in [1.807, 2.05) is 52.8 Å². The lowest BCUT2D eigenvalue weighted by atomic mass is 10.0. The molecule has 30 heavy (non-hydrogen) atoms. The minimum atomic E-state index is -1.01. The van der Waals surface area contributed by atoms with Crippen LogP contribution in [0.15, 0.2) is 40.1 Å². The molecular formula is C22H26N4O3S. The molecule has 0 saturated carbocycles. The van der Waals surface area contributed by atoms with E-state index in [9.17, 15) is 9.59 Å². The predicted octanol–water partition coefficient (Wildman–Crippen LogP) is 4.36. The molecule has 8 heteroatoms. The van der Waals surface area contributed by atoms with Crippen molar-refractivity contribution in [2.24, 2.45) is 0 Å². The first-order chi connectivity index (χ1) is 14.1. The molecule has 2 amide bonds. The number of nitrogens with zero attached hydrogens (tertiary/aromatic N) is 3. The summed E-state index contributed by atoms with van der Waals surface area (Å²) in [4.78, 5) is 28.5. The molecule has 0 saturated heterocycles. The number of aromatic nitrogens is 2. The molecule has 0 unspecified atom stereocenters. The molecule has 0 aliphatic rings. The zero-order valence-corrected chi connectivity index (χ0v) is 18.8. The van der Waals surface area contributed by atoms with E-state index in [1.54, 1.807) is 24.4 Å². The molecule has 0 spiro atoms. The molecule has 3 rings (SSSR count). The third-order valence-corrected chi connectivity index (χ3v) is 5.17. The summed E-state index contributed by atoms with van der Waals surface area (Å²) < 4.78 is 9.65. The van der Waals surface area contributed by atoms with Crippen molar-refractivity contribution in [1.29, 1.82) is 0 Å². The van der Waals surface area contributed by atoms with Gasteiger partial charge in [0.2, 0.25) is 0 Å². The highest BCUT2D eigenvalue weighted by atomic mass is 32.1. The lowest BCUT2D eigenvalue weighted by Crippen LogP contribution is -2.49. The summed E-state index contributed by atoms with van der Waals surface area (Å²) in [6.45, 7) is 11.4. The van der Waals surface area contributed by atoms with Crippen molar-refractivity contribution < 1.29 is 14.0 Å². The van der Waals surface area contributed by atoms with Crippen LogP contribution in [0, 0.1) is 20.8 Å². The molecule has 1 atom stereocenters. The van der Waals surface area contributed by atoms with Gasteiger partial charge in [0.15, 0.2) is 11.7 Å². The van der Waals surface area contributed by atoms with Gasteiger partial charge in [-0.05, 0) is 82.4 Å². The summed E-state index contributed by atoms with van der Waals surface area (Å²) in [5.74, 6) is 0.281. The van der Waals surface area contributed by atoms with Crippen LogP contribution in [0.3, 0.4) is 0 Å². The Morgan fingerprint density at radius 1 is 1.13 bits per heavy atom. The summed E-state index contributed by atoms with van der Waals surface area (Å²) in [6, 6.07) is 8.16. The zero-order chi connectivity index (χ0) is 22.1. The Kier molecular flexibility index (Phi) is 6.07. The highest BCUT2D eigenvalue weighted by Gasteiger charge is 2.38. The first kappa shape index (κ1) is 21.7. The third kappa shape index (κ3) is 4.59. The number of hydrogen-bond acceptors (Lipinski definition) is 6. The summed E-state index contributed by atoms with van der Waals surface area (Å²) in [6.07, 6.45) is 0. The highest BCUT2D eigenvalue weighted by Crippen LogP contribution is 2.34. The lowest BCUT2D eigenvalue weighted by molar-refractivity contribution is -0.124. The van der Waals surface area contributed by atoms with Crippen LogP contribution in [0.5, 0.6) is 0 Å². The van der Waals surface area contributed by atoms with Crippen LogP contribution in [0.2, 0.25) is 0 Å². The molecule has 0 fully saturated rings. The Morgan fingerprint density at radius 3 is 2.43 bits per heavy atom. The van der Waals surface area contributed by atoms with Crippen LogP contribution in [0.25, 0.3) is 0 Å². The molecule has 0 aliphatic carbocycles. The second-order valence-electron chi connectivity index (χ2n) is 8.27. The van der Waals surface area contributed by atoms with Gasteiger partial charge in [0.1, 0.15) is 11.5 Å². The fourth-order valence-corrected chi connectivity index (χ4v) is 3.59. The maximum Gasteiger partial charge on any atom is 0.280 e. The van der Waals surface area contributed by atoms with Crippen molar-refractivity contribution in [2.75, 3.05) is 4.90 Å². The number of hydrogen-bond donors (Lipinski definition) is 1. The highest BCUT2D eigenvalue weighted by molar-refractivity contribution is 7.03. The van der Waals surface area contributed by atoms with Gasteiger partial charge in [0, 0.05) is 16.6 Å². The van der Waals surface area contributed by atoms with E-state index >= 15 is 0 Å². The summed E-state index contributed by atoms with van der Waals surface area (Å²) in [5, 5.41) is 8.51. The standard InChI is InChI=1S/C22H26N4O3S/c1-13-8-7-9-17(15(13)3)26(21(28)16-12-30-25-24-16)19(18-11-10-14(2)29-18)20(27)23-22(4,5)6/h7-12,19H,1-6H3,(H,23,27)/t19-/m0/s1. The van der Waals surface area contributed by atoms with E-state index in [4.69, 9.17) is 4.42 Å². The summed E-state index contributed by atoms with van der Waals surface area (Å²) in [5.41, 5.74) is 2.21. The number of aryl methyl sites for hydroxylation is 2. The minimum Gasteiger partial charge on any atom is -0.464 e. The van der Waals surface area contributed by atoms with Crippen LogP contribution in [0.1, 0.15) is 59.9 Å². The quantitative estimate of drug-likeness (QED) is 0.655. The molecule has 0 aliphatic heterocycles. The van der Waals surface area contributed by atoms with Gasteiger partial charge in [-0.15, -0.1) is 5.10 Å². The molecule has 7 nitrogen and oxygen atoms in total. The van der Waals surface area contributed by atoms with E-state index < -0.39 is 17.5 Å². The number of anilines is 1. The number of carbonyl (C=O) groups is 2. The second kappa shape index (κ2) is 8.39. The molecule has 158 valence electrons. The smallest absolute Gasteiger partial charge is 0.280 e. The van der Waals surface area contributed by atoms with Crippen LogP contribution < -0.4 is 10.2 Å². The van der Waals surface area contributed by atoms with Gasteiger partial charge in [0.05, 0.1) is 0 Å². The number of rotatable bonds is 5. The molecule has 2 heterocycles. The molecule has 0 radical (unpaired) electrons. The van der Waals surface area contributed by atoms with Crippen molar-refractivity contribution >= 4 is 29.0 Å². The van der Waals surface area contributed by atoms with Crippen molar-refractivity contribution in [2.45, 2.75) is 53.1 Å². The van der Waals surface area contributed by atoms with Crippen LogP contribution in [-0.2, 0) is 4.79 Å². The maximum atomic E-state index is 13.6. The number of furan rings is 1. The number of benzene rings is 1. The second-order valence-corrected chi connectivity index (χ2v) is 8.88. The van der Waals surface area contributed by atoms with Crippen molar-refractivity contribution in [3.05, 3.63) is 64.1 Å². The molecule has 2 aromatic heterocycles. The molecule has 3 aromatic rings. The fraction of sp³-hybridized carbons (Fsp3) is 0.364. The Hall–Kier alpha value is -3.00. The lowest BCUT2D eigenvalue weighted by Gasteiger charge is -2.33. The third-order valence-electron chi connectivity index (χ3n) is 4.67. The molecule has 0 bridgehead atoms. The average Bonchev–Trinajstić information content (AvgIpc) is 3.32. The largest absolute Gasteiger partial charge is 0.464 e. The van der Waals surface area contributed by atoms with Crippen molar-refractivity contribution in [1.82, 2.24) is 14.9 Å². The number of nitrogens with one attached hydrogen (secondary N) is 1. The van der Waals surface area contributed by atoms with E-state index in [0.717, 1.165) is 22.7 Å². The minimum absolute atomic E-state index is 0.178. The predicted molar refractivity (Wildman–Crippen MR) is 117 cm³/mol. The molecular weight excluding hydrogens is 400 g/mol. The number of amides is 2. The van der Waals surface area contributed by atoms with Crippen LogP contribution in [0.4, 0.5) is 5.69 Å². The monoisotopic (exact) mass is 426 g/mol. The van der Waals surface area contributed by atoms with Gasteiger partial charge >= 0.3 is 0 Å². The van der Waals surface area contributed by atoms with Gasteiger partial charge in [-0.1, -0.05) is 16.6 Å². The van der Waals surface area contributed by atoms with E-state index in [0.29, 0.717) is 17.2 Å². The zero-order valence-electron chi connectivity index (χ0n) is 18.0. The van der Waals surface area contributed by atoms with Crippen molar-refractivity contribution in [3.8, 4) is 0 Å².